The summed E-state index contributed by atoms with van der Waals surface area (Å²) in [4.78, 5) is 0. The van der Waals surface area contributed by atoms with Crippen molar-refractivity contribution in [2.45, 2.75) is 6.92 Å². The Kier molecular flexibility index (Phi) is 3.05. The van der Waals surface area contributed by atoms with E-state index in [1.165, 1.54) is 0 Å². The van der Waals surface area contributed by atoms with Gasteiger partial charge in [-0.15, -0.1) is 0 Å². The summed E-state index contributed by atoms with van der Waals surface area (Å²) < 4.78 is 10.2. The molecule has 0 spiro atoms. The third-order valence-corrected chi connectivity index (χ3v) is 2.20. The highest BCUT2D eigenvalue weighted by molar-refractivity contribution is 5.67. The number of aryl methyl sites for hydroxylation is 1. The van der Waals surface area contributed by atoms with Crippen LogP contribution in [0.15, 0.2) is 34.9 Å². The highest BCUT2D eigenvalue weighted by Crippen LogP contribution is 2.14. The minimum atomic E-state index is 0.758. The topological polar surface area (TPSA) is 35.3 Å². The van der Waals surface area contributed by atoms with E-state index in [0.29, 0.717) is 0 Å². The van der Waals surface area contributed by atoms with Gasteiger partial charge in [0.15, 0.2) is 5.76 Å². The van der Waals surface area contributed by atoms with Gasteiger partial charge >= 0.3 is 0 Å². The lowest BCUT2D eigenvalue weighted by Gasteiger charge is -1.98. The van der Waals surface area contributed by atoms with Crippen LogP contribution in [0, 0.1) is 6.92 Å². The number of rotatable bonds is 3. The molecule has 0 radical (unpaired) electrons. The van der Waals surface area contributed by atoms with Crippen molar-refractivity contribution < 1.29 is 9.26 Å². The van der Waals surface area contributed by atoms with Crippen LogP contribution < -0.4 is 4.74 Å². The molecule has 0 aliphatic rings. The second-order valence-electron chi connectivity index (χ2n) is 3.48. The first kappa shape index (κ1) is 10.5. The molecule has 1 heterocycles. The molecule has 0 unspecified atom stereocenters. The minimum Gasteiger partial charge on any atom is -0.497 e. The molecular formula is C13H13NO2. The van der Waals surface area contributed by atoms with Crippen LogP contribution >= 0.6 is 0 Å². The van der Waals surface area contributed by atoms with Crippen LogP contribution in [0.5, 0.6) is 5.75 Å². The van der Waals surface area contributed by atoms with Gasteiger partial charge in [-0.25, -0.2) is 0 Å². The van der Waals surface area contributed by atoms with Crippen molar-refractivity contribution in [2.24, 2.45) is 0 Å². The molecule has 0 saturated heterocycles. The van der Waals surface area contributed by atoms with Gasteiger partial charge in [-0.05, 0) is 30.7 Å². The second kappa shape index (κ2) is 4.66. The molecule has 2 rings (SSSR count). The van der Waals surface area contributed by atoms with E-state index in [1.54, 1.807) is 7.11 Å². The van der Waals surface area contributed by atoms with Crippen LogP contribution in [-0.2, 0) is 0 Å². The lowest BCUT2D eigenvalue weighted by molar-refractivity contribution is 0.408. The standard InChI is InChI=1S/C13H13NO2/c1-10-9-13(16-14-10)8-5-11-3-6-12(15-2)7-4-11/h3-9H,1-2H3. The number of nitrogens with zero attached hydrogens (tertiary/aromatic N) is 1. The molecule has 82 valence electrons. The number of hydrogen-bond acceptors (Lipinski definition) is 3. The van der Waals surface area contributed by atoms with Crippen molar-refractivity contribution >= 4 is 12.2 Å². The summed E-state index contributed by atoms with van der Waals surface area (Å²) >= 11 is 0. The van der Waals surface area contributed by atoms with Crippen molar-refractivity contribution in [2.75, 3.05) is 7.11 Å². The number of aromatic nitrogens is 1. The molecule has 1 aromatic heterocycles. The third-order valence-electron chi connectivity index (χ3n) is 2.20. The van der Waals surface area contributed by atoms with Gasteiger partial charge in [0.1, 0.15) is 5.75 Å². The molecule has 16 heavy (non-hydrogen) atoms. The van der Waals surface area contributed by atoms with Gasteiger partial charge in [0, 0.05) is 6.07 Å². The number of benzene rings is 1. The fraction of sp³-hybridized carbons (Fsp3) is 0.154. The zero-order valence-electron chi connectivity index (χ0n) is 9.31. The molecular weight excluding hydrogens is 202 g/mol. The van der Waals surface area contributed by atoms with Crippen molar-refractivity contribution in [3.63, 3.8) is 0 Å². The zero-order valence-corrected chi connectivity index (χ0v) is 9.31. The van der Waals surface area contributed by atoms with Gasteiger partial charge in [0.25, 0.3) is 0 Å². The Morgan fingerprint density at radius 3 is 2.50 bits per heavy atom. The number of ether oxygens (including phenoxy) is 1. The molecule has 0 aliphatic heterocycles. The molecule has 2 aromatic rings. The normalized spacial score (nSPS) is 10.9. The maximum atomic E-state index is 5.08. The van der Waals surface area contributed by atoms with Gasteiger partial charge in [-0.2, -0.15) is 0 Å². The highest BCUT2D eigenvalue weighted by atomic mass is 16.5. The van der Waals surface area contributed by atoms with Gasteiger partial charge in [0.05, 0.1) is 12.8 Å². The smallest absolute Gasteiger partial charge is 0.159 e. The molecule has 0 bridgehead atoms. The summed E-state index contributed by atoms with van der Waals surface area (Å²) in [7, 11) is 1.65. The molecule has 1 aromatic carbocycles. The van der Waals surface area contributed by atoms with E-state index in [-0.39, 0.29) is 0 Å². The van der Waals surface area contributed by atoms with Crippen LogP contribution in [0.4, 0.5) is 0 Å². The average Bonchev–Trinajstić information content (AvgIpc) is 2.73. The second-order valence-corrected chi connectivity index (χ2v) is 3.48. The lowest BCUT2D eigenvalue weighted by atomic mass is 10.2. The minimum absolute atomic E-state index is 0.758. The third kappa shape index (κ3) is 2.51. The monoisotopic (exact) mass is 215 g/mol. The fourth-order valence-corrected chi connectivity index (χ4v) is 1.36. The maximum Gasteiger partial charge on any atom is 0.159 e. The van der Waals surface area contributed by atoms with Gasteiger partial charge in [-0.1, -0.05) is 23.4 Å². The fourth-order valence-electron chi connectivity index (χ4n) is 1.36. The Labute approximate surface area is 94.3 Å². The molecule has 0 aliphatic carbocycles. The summed E-state index contributed by atoms with van der Waals surface area (Å²) in [6.07, 6.45) is 3.86. The van der Waals surface area contributed by atoms with Crippen molar-refractivity contribution in [3.05, 3.63) is 47.3 Å². The Balaban J connectivity index is 2.11. The largest absolute Gasteiger partial charge is 0.497 e. The molecule has 0 saturated carbocycles. The SMILES string of the molecule is COc1ccc(C=Cc2cc(C)no2)cc1. The van der Waals surface area contributed by atoms with E-state index in [9.17, 15) is 0 Å². The average molecular weight is 215 g/mol. The maximum absolute atomic E-state index is 5.08. The van der Waals surface area contributed by atoms with Crippen LogP contribution in [0.2, 0.25) is 0 Å². The van der Waals surface area contributed by atoms with Crippen molar-refractivity contribution in [1.82, 2.24) is 5.16 Å². The van der Waals surface area contributed by atoms with Crippen LogP contribution in [0.1, 0.15) is 17.0 Å². The molecule has 3 nitrogen and oxygen atoms in total. The Bertz CT molecular complexity index is 483. The van der Waals surface area contributed by atoms with E-state index in [0.717, 1.165) is 22.8 Å². The quantitative estimate of drug-likeness (QED) is 0.788. The van der Waals surface area contributed by atoms with Crippen LogP contribution in [0.3, 0.4) is 0 Å². The van der Waals surface area contributed by atoms with Gasteiger partial charge in [0.2, 0.25) is 0 Å². The summed E-state index contributed by atoms with van der Waals surface area (Å²) in [5, 5.41) is 3.81. The van der Waals surface area contributed by atoms with Gasteiger partial charge < -0.3 is 9.26 Å². The van der Waals surface area contributed by atoms with E-state index >= 15 is 0 Å². The number of hydrogen-bond donors (Lipinski definition) is 0. The predicted molar refractivity (Wildman–Crippen MR) is 63.2 cm³/mol. The Hall–Kier alpha value is -2.03. The first-order valence-corrected chi connectivity index (χ1v) is 5.03. The van der Waals surface area contributed by atoms with E-state index in [4.69, 9.17) is 9.26 Å². The summed E-state index contributed by atoms with van der Waals surface area (Å²) in [5.41, 5.74) is 1.98. The predicted octanol–water partition coefficient (Wildman–Crippen LogP) is 3.16. The number of methoxy groups -OCH3 is 1. The summed E-state index contributed by atoms with van der Waals surface area (Å²) in [6, 6.07) is 9.70. The zero-order chi connectivity index (χ0) is 11.4. The summed E-state index contributed by atoms with van der Waals surface area (Å²) in [5.74, 6) is 1.61. The highest BCUT2D eigenvalue weighted by Gasteiger charge is 1.95. The van der Waals surface area contributed by atoms with Crippen molar-refractivity contribution in [1.29, 1.82) is 0 Å². The van der Waals surface area contributed by atoms with E-state index < -0.39 is 0 Å². The summed E-state index contributed by atoms with van der Waals surface area (Å²) in [6.45, 7) is 1.90. The molecule has 0 amide bonds. The van der Waals surface area contributed by atoms with Crippen LogP contribution in [-0.4, -0.2) is 12.3 Å². The molecule has 0 atom stereocenters. The molecule has 3 heteroatoms. The van der Waals surface area contributed by atoms with Gasteiger partial charge in [-0.3, -0.25) is 0 Å². The Morgan fingerprint density at radius 1 is 1.19 bits per heavy atom. The Morgan fingerprint density at radius 2 is 1.94 bits per heavy atom. The molecule has 0 N–H and O–H groups in total. The first-order valence-electron chi connectivity index (χ1n) is 5.03. The van der Waals surface area contributed by atoms with E-state index in [2.05, 4.69) is 5.16 Å². The first-order chi connectivity index (χ1) is 7.78. The lowest BCUT2D eigenvalue weighted by Crippen LogP contribution is -1.81. The molecule has 0 fully saturated rings. The van der Waals surface area contributed by atoms with Crippen LogP contribution in [0.25, 0.3) is 12.2 Å². The van der Waals surface area contributed by atoms with E-state index in [1.807, 2.05) is 49.4 Å². The van der Waals surface area contributed by atoms with Crippen molar-refractivity contribution in [3.8, 4) is 5.75 Å².